The van der Waals surface area contributed by atoms with Gasteiger partial charge in [0.25, 0.3) is 0 Å². The molecule has 0 atom stereocenters. The summed E-state index contributed by atoms with van der Waals surface area (Å²) >= 11 is 0.645. The Bertz CT molecular complexity index is 520. The van der Waals surface area contributed by atoms with Gasteiger partial charge in [0.2, 0.25) is 0 Å². The van der Waals surface area contributed by atoms with Gasteiger partial charge in [0.1, 0.15) is 0 Å². The summed E-state index contributed by atoms with van der Waals surface area (Å²) < 4.78 is 1.76. The predicted molar refractivity (Wildman–Crippen MR) is 75.4 cm³/mol. The molecule has 3 rings (SSSR count). The molecular weight excluding hydrogens is 271 g/mol. The third-order valence-electron chi connectivity index (χ3n) is 3.35. The number of hydrogen-bond donors (Lipinski definition) is 0. The van der Waals surface area contributed by atoms with Crippen LogP contribution in [0.15, 0.2) is 35.3 Å². The van der Waals surface area contributed by atoms with Gasteiger partial charge in [-0.2, -0.15) is 0 Å². The van der Waals surface area contributed by atoms with E-state index in [1.165, 1.54) is 36.8 Å². The molecule has 0 nitrogen and oxygen atoms in total. The summed E-state index contributed by atoms with van der Waals surface area (Å²) in [7, 11) is 0. The Balaban J connectivity index is 1.86. The first-order valence-electron chi connectivity index (χ1n) is 6.26. The average Bonchev–Trinajstić information content (AvgIpc) is 2.81. The van der Waals surface area contributed by atoms with Gasteiger partial charge in [-0.1, -0.05) is 0 Å². The van der Waals surface area contributed by atoms with Crippen LogP contribution in [0.3, 0.4) is 0 Å². The first-order valence-corrected chi connectivity index (χ1v) is 8.10. The molecule has 86 valence electrons. The second-order valence-electron chi connectivity index (χ2n) is 4.54. The molecule has 1 heterocycles. The molecule has 0 spiro atoms. The van der Waals surface area contributed by atoms with Crippen LogP contribution in [0.4, 0.5) is 0 Å². The molecular formula is C16H16Se. The van der Waals surface area contributed by atoms with Gasteiger partial charge in [-0.25, -0.2) is 0 Å². The Morgan fingerprint density at radius 1 is 0.941 bits per heavy atom. The molecule has 0 radical (unpaired) electrons. The first-order chi connectivity index (χ1) is 8.43. The Labute approximate surface area is 109 Å². The summed E-state index contributed by atoms with van der Waals surface area (Å²) in [5.74, 6) is 0. The maximum absolute atomic E-state index is 2.46. The van der Waals surface area contributed by atoms with Crippen molar-refractivity contribution in [2.45, 2.75) is 25.7 Å². The molecule has 0 fully saturated rings. The molecule has 0 saturated heterocycles. The van der Waals surface area contributed by atoms with Crippen molar-refractivity contribution in [3.05, 3.63) is 56.4 Å². The Kier molecular flexibility index (Phi) is 3.31. The molecule has 0 aliphatic heterocycles. The average molecular weight is 287 g/mol. The maximum atomic E-state index is 2.46. The molecule has 1 heteroatoms. The zero-order valence-corrected chi connectivity index (χ0v) is 11.6. The second-order valence-corrected chi connectivity index (χ2v) is 6.57. The predicted octanol–water partition coefficient (Wildman–Crippen LogP) is 3.79. The van der Waals surface area contributed by atoms with Crippen molar-refractivity contribution >= 4 is 26.7 Å². The SMILES string of the molecule is C(=C\c1c[se]c2c1CCCC2)/c1ccccc1. The van der Waals surface area contributed by atoms with Gasteiger partial charge in [-0.3, -0.25) is 0 Å². The number of fused-ring (bicyclic) bond motifs is 1. The van der Waals surface area contributed by atoms with Crippen LogP contribution in [0, 0.1) is 0 Å². The van der Waals surface area contributed by atoms with E-state index < -0.39 is 0 Å². The number of rotatable bonds is 2. The number of hydrogen-bond acceptors (Lipinski definition) is 0. The van der Waals surface area contributed by atoms with E-state index in [1.807, 2.05) is 0 Å². The topological polar surface area (TPSA) is 0 Å². The minimum absolute atomic E-state index is 0.645. The molecule has 1 aliphatic rings. The fourth-order valence-corrected chi connectivity index (χ4v) is 4.75. The van der Waals surface area contributed by atoms with E-state index in [4.69, 9.17) is 0 Å². The van der Waals surface area contributed by atoms with Gasteiger partial charge >= 0.3 is 109 Å². The monoisotopic (exact) mass is 288 g/mol. The van der Waals surface area contributed by atoms with Gasteiger partial charge in [-0.05, 0) is 0 Å². The molecule has 1 aliphatic carbocycles. The van der Waals surface area contributed by atoms with Crippen molar-refractivity contribution in [1.29, 1.82) is 0 Å². The van der Waals surface area contributed by atoms with Crippen molar-refractivity contribution in [2.24, 2.45) is 0 Å². The number of benzene rings is 1. The Morgan fingerprint density at radius 2 is 1.76 bits per heavy atom. The molecule has 0 N–H and O–H groups in total. The molecule has 0 amide bonds. The van der Waals surface area contributed by atoms with E-state index in [1.54, 1.807) is 10.0 Å². The molecule has 1 aromatic carbocycles. The van der Waals surface area contributed by atoms with Gasteiger partial charge in [-0.15, -0.1) is 0 Å². The van der Waals surface area contributed by atoms with Crippen LogP contribution in [-0.2, 0) is 12.8 Å². The molecule has 2 aromatic rings. The number of aryl methyl sites for hydroxylation is 1. The van der Waals surface area contributed by atoms with E-state index in [9.17, 15) is 0 Å². The van der Waals surface area contributed by atoms with Crippen LogP contribution >= 0.6 is 0 Å². The van der Waals surface area contributed by atoms with Gasteiger partial charge in [0.15, 0.2) is 0 Å². The zero-order chi connectivity index (χ0) is 11.5. The van der Waals surface area contributed by atoms with E-state index in [-0.39, 0.29) is 0 Å². The Morgan fingerprint density at radius 3 is 2.65 bits per heavy atom. The second kappa shape index (κ2) is 5.08. The van der Waals surface area contributed by atoms with Crippen LogP contribution in [0.5, 0.6) is 0 Å². The van der Waals surface area contributed by atoms with Crippen molar-refractivity contribution in [3.8, 4) is 0 Å². The summed E-state index contributed by atoms with van der Waals surface area (Å²) in [6, 6.07) is 10.6. The van der Waals surface area contributed by atoms with E-state index in [2.05, 4.69) is 47.4 Å². The molecule has 17 heavy (non-hydrogen) atoms. The molecule has 0 bridgehead atoms. The first kappa shape index (κ1) is 11.1. The van der Waals surface area contributed by atoms with Gasteiger partial charge < -0.3 is 0 Å². The summed E-state index contributed by atoms with van der Waals surface area (Å²) in [6.07, 6.45) is 10.0. The molecule has 1 aromatic heterocycles. The van der Waals surface area contributed by atoms with Crippen LogP contribution in [-0.4, -0.2) is 14.5 Å². The van der Waals surface area contributed by atoms with Crippen LogP contribution < -0.4 is 0 Å². The third-order valence-corrected chi connectivity index (χ3v) is 5.67. The van der Waals surface area contributed by atoms with Crippen molar-refractivity contribution in [3.63, 3.8) is 0 Å². The van der Waals surface area contributed by atoms with Gasteiger partial charge in [0, 0.05) is 0 Å². The van der Waals surface area contributed by atoms with Crippen molar-refractivity contribution in [2.75, 3.05) is 0 Å². The van der Waals surface area contributed by atoms with Gasteiger partial charge in [0.05, 0.1) is 0 Å². The normalized spacial score (nSPS) is 15.1. The minimum atomic E-state index is 0.645. The van der Waals surface area contributed by atoms with Crippen molar-refractivity contribution in [1.82, 2.24) is 0 Å². The fourth-order valence-electron chi connectivity index (χ4n) is 2.41. The zero-order valence-electron chi connectivity index (χ0n) is 9.86. The summed E-state index contributed by atoms with van der Waals surface area (Å²) in [5.41, 5.74) is 4.47. The van der Waals surface area contributed by atoms with E-state index in [0.29, 0.717) is 14.5 Å². The fraction of sp³-hybridized carbons (Fsp3) is 0.250. The standard InChI is InChI=1S/C16H16Se/c1-2-6-13(7-3-1)10-11-14-12-17-16-9-5-4-8-15(14)16/h1-3,6-7,10-12H,4-5,8-9H2/b11-10+. The van der Waals surface area contributed by atoms with Crippen LogP contribution in [0.2, 0.25) is 0 Å². The molecule has 0 saturated carbocycles. The summed E-state index contributed by atoms with van der Waals surface area (Å²) in [6.45, 7) is 0. The van der Waals surface area contributed by atoms with Crippen LogP contribution in [0.1, 0.15) is 34.0 Å². The van der Waals surface area contributed by atoms with Crippen LogP contribution in [0.25, 0.3) is 12.2 Å². The molecule has 0 unspecified atom stereocenters. The summed E-state index contributed by atoms with van der Waals surface area (Å²) in [4.78, 5) is 2.46. The van der Waals surface area contributed by atoms with E-state index >= 15 is 0 Å². The van der Waals surface area contributed by atoms with Crippen molar-refractivity contribution < 1.29 is 0 Å². The third kappa shape index (κ3) is 2.46. The summed E-state index contributed by atoms with van der Waals surface area (Å²) in [5, 5.41) is 0. The quantitative estimate of drug-likeness (QED) is 0.737. The van der Waals surface area contributed by atoms with E-state index in [0.717, 1.165) is 0 Å². The Hall–Kier alpha value is -1.04.